The fraction of sp³-hybridized carbons (Fsp3) is 0.800. The fourth-order valence-electron chi connectivity index (χ4n) is 2.29. The lowest BCUT2D eigenvalue weighted by Gasteiger charge is -2.24. The summed E-state index contributed by atoms with van der Waals surface area (Å²) in [5, 5.41) is 3.45. The van der Waals surface area contributed by atoms with E-state index >= 15 is 0 Å². The van der Waals surface area contributed by atoms with Crippen LogP contribution in [0.4, 0.5) is 0 Å². The van der Waals surface area contributed by atoms with E-state index in [4.69, 9.17) is 9.47 Å². The molecule has 0 spiro atoms. The molecule has 6 heteroatoms. The molecule has 1 saturated carbocycles. The second-order valence-electron chi connectivity index (χ2n) is 5.24. The van der Waals surface area contributed by atoms with Crippen molar-refractivity contribution in [1.29, 1.82) is 0 Å². The predicted octanol–water partition coefficient (Wildman–Crippen LogP) is 2.29. The molecule has 118 valence electrons. The topological polar surface area (TPSA) is 47.6 Å². The molecule has 0 aromatic heterocycles. The lowest BCUT2D eigenvalue weighted by Crippen LogP contribution is -2.28. The molecule has 1 amide bonds. The summed E-state index contributed by atoms with van der Waals surface area (Å²) in [6.45, 7) is 5.76. The first-order valence-electron chi connectivity index (χ1n) is 7.46. The Morgan fingerprint density at radius 2 is 2.14 bits per heavy atom. The van der Waals surface area contributed by atoms with Crippen LogP contribution in [0.25, 0.3) is 0 Å². The van der Waals surface area contributed by atoms with Crippen molar-refractivity contribution in [2.45, 2.75) is 37.4 Å². The van der Waals surface area contributed by atoms with Gasteiger partial charge in [-0.1, -0.05) is 41.4 Å². The van der Waals surface area contributed by atoms with E-state index in [1.807, 2.05) is 28.5 Å². The normalized spacial score (nSPS) is 30.0. The zero-order valence-corrected chi connectivity index (χ0v) is 14.2. The van der Waals surface area contributed by atoms with Crippen molar-refractivity contribution in [3.63, 3.8) is 0 Å². The highest BCUT2D eigenvalue weighted by molar-refractivity contribution is 8.77. The van der Waals surface area contributed by atoms with E-state index in [1.54, 1.807) is 0 Å². The lowest BCUT2D eigenvalue weighted by molar-refractivity contribution is -0.126. The van der Waals surface area contributed by atoms with Crippen molar-refractivity contribution < 1.29 is 14.3 Å². The number of amides is 1. The number of hydrogen-bond donors (Lipinski definition) is 1. The van der Waals surface area contributed by atoms with Crippen molar-refractivity contribution in [3.05, 3.63) is 0 Å². The van der Waals surface area contributed by atoms with Crippen LogP contribution in [0.1, 0.15) is 26.7 Å². The lowest BCUT2D eigenvalue weighted by atomic mass is 10.2. The van der Waals surface area contributed by atoms with Gasteiger partial charge < -0.3 is 14.8 Å². The van der Waals surface area contributed by atoms with Crippen LogP contribution in [0.3, 0.4) is 0 Å². The van der Waals surface area contributed by atoms with E-state index in [0.29, 0.717) is 25.2 Å². The molecule has 1 aliphatic carbocycles. The van der Waals surface area contributed by atoms with E-state index < -0.39 is 0 Å². The molecule has 1 saturated heterocycles. The van der Waals surface area contributed by atoms with Crippen molar-refractivity contribution in [3.8, 4) is 11.8 Å². The SMILES string of the molecule is CCC#CCNC(=O)COCCOC1SSC(C)C2CC12. The first kappa shape index (κ1) is 17.0. The number of nitrogens with one attached hydrogen (secondary N) is 1. The molecule has 0 aromatic carbocycles. The standard InChI is InChI=1S/C15H23NO3S2/c1-3-4-5-6-16-14(17)10-18-7-8-19-15-13-9-12(13)11(2)20-21-15/h11-13,15H,3,6-10H2,1-2H3,(H,16,17). The van der Waals surface area contributed by atoms with Gasteiger partial charge in [-0.05, 0) is 18.3 Å². The third-order valence-corrected chi connectivity index (χ3v) is 6.82. The molecular formula is C15H23NO3S2. The Morgan fingerprint density at radius 1 is 1.29 bits per heavy atom. The largest absolute Gasteiger partial charge is 0.369 e. The van der Waals surface area contributed by atoms with Crippen molar-refractivity contribution in [1.82, 2.24) is 5.32 Å². The highest BCUT2D eigenvalue weighted by Crippen LogP contribution is 2.59. The van der Waals surface area contributed by atoms with Gasteiger partial charge in [-0.2, -0.15) is 0 Å². The van der Waals surface area contributed by atoms with Crippen LogP contribution in [-0.2, 0) is 14.3 Å². The molecule has 0 radical (unpaired) electrons. The predicted molar refractivity (Wildman–Crippen MR) is 87.9 cm³/mol. The van der Waals surface area contributed by atoms with Crippen LogP contribution in [0, 0.1) is 23.7 Å². The molecule has 2 rings (SSSR count). The average Bonchev–Trinajstić information content (AvgIpc) is 3.27. The second-order valence-corrected chi connectivity index (χ2v) is 7.98. The summed E-state index contributed by atoms with van der Waals surface area (Å²) < 4.78 is 11.2. The van der Waals surface area contributed by atoms with Gasteiger partial charge in [-0.25, -0.2) is 0 Å². The van der Waals surface area contributed by atoms with Crippen LogP contribution < -0.4 is 5.32 Å². The zero-order chi connectivity index (χ0) is 15.1. The molecule has 2 aliphatic rings. The Hall–Kier alpha value is -0.350. The molecule has 4 nitrogen and oxygen atoms in total. The quantitative estimate of drug-likeness (QED) is 0.441. The Bertz CT molecular complexity index is 407. The molecule has 1 aliphatic heterocycles. The zero-order valence-electron chi connectivity index (χ0n) is 12.6. The Kier molecular flexibility index (Phi) is 7.24. The second kappa shape index (κ2) is 8.94. The van der Waals surface area contributed by atoms with Gasteiger partial charge in [0.2, 0.25) is 5.91 Å². The minimum atomic E-state index is -0.126. The summed E-state index contributed by atoms with van der Waals surface area (Å²) in [6, 6.07) is 0. The minimum Gasteiger partial charge on any atom is -0.369 e. The van der Waals surface area contributed by atoms with Gasteiger partial charge in [0.1, 0.15) is 12.0 Å². The number of carbonyl (C=O) groups is 1. The first-order chi connectivity index (χ1) is 10.2. The molecule has 2 fully saturated rings. The summed E-state index contributed by atoms with van der Waals surface area (Å²) >= 11 is 0. The Labute approximate surface area is 134 Å². The van der Waals surface area contributed by atoms with Gasteiger partial charge in [-0.15, -0.1) is 5.92 Å². The highest BCUT2D eigenvalue weighted by atomic mass is 33.1. The molecule has 0 aromatic rings. The van der Waals surface area contributed by atoms with Crippen LogP contribution in [-0.4, -0.2) is 43.0 Å². The van der Waals surface area contributed by atoms with Crippen LogP contribution in [0.15, 0.2) is 0 Å². The third-order valence-electron chi connectivity index (χ3n) is 3.56. The Morgan fingerprint density at radius 3 is 2.95 bits per heavy atom. The fourth-order valence-corrected chi connectivity index (χ4v) is 5.52. The first-order valence-corrected chi connectivity index (χ1v) is 9.74. The van der Waals surface area contributed by atoms with Gasteiger partial charge in [0.05, 0.1) is 19.8 Å². The van der Waals surface area contributed by atoms with Crippen molar-refractivity contribution >= 4 is 27.5 Å². The average molecular weight is 329 g/mol. The van der Waals surface area contributed by atoms with E-state index in [1.165, 1.54) is 6.42 Å². The summed E-state index contributed by atoms with van der Waals surface area (Å²) in [7, 11) is 3.78. The van der Waals surface area contributed by atoms with Gasteiger partial charge in [0.15, 0.2) is 0 Å². The molecule has 4 unspecified atom stereocenters. The monoisotopic (exact) mass is 329 g/mol. The number of hydrogen-bond acceptors (Lipinski definition) is 5. The Balaban J connectivity index is 1.46. The van der Waals surface area contributed by atoms with Crippen molar-refractivity contribution in [2.24, 2.45) is 11.8 Å². The van der Waals surface area contributed by atoms with Crippen LogP contribution in [0.2, 0.25) is 0 Å². The van der Waals surface area contributed by atoms with Gasteiger partial charge >= 0.3 is 0 Å². The van der Waals surface area contributed by atoms with Crippen LogP contribution in [0.5, 0.6) is 0 Å². The van der Waals surface area contributed by atoms with E-state index in [-0.39, 0.29) is 12.5 Å². The maximum Gasteiger partial charge on any atom is 0.246 e. The summed E-state index contributed by atoms with van der Waals surface area (Å²) in [5.74, 6) is 7.20. The van der Waals surface area contributed by atoms with Gasteiger partial charge in [0, 0.05) is 11.7 Å². The summed E-state index contributed by atoms with van der Waals surface area (Å²) in [6.07, 6.45) is 2.11. The van der Waals surface area contributed by atoms with E-state index in [9.17, 15) is 4.79 Å². The number of fused-ring (bicyclic) bond motifs is 1. The van der Waals surface area contributed by atoms with Crippen molar-refractivity contribution in [2.75, 3.05) is 26.4 Å². The number of rotatable bonds is 7. The summed E-state index contributed by atoms with van der Waals surface area (Å²) in [5.41, 5.74) is 0.304. The van der Waals surface area contributed by atoms with Gasteiger partial charge in [-0.3, -0.25) is 4.79 Å². The molecule has 1 heterocycles. The maximum atomic E-state index is 11.4. The molecule has 1 N–H and O–H groups in total. The molecule has 4 atom stereocenters. The molecular weight excluding hydrogens is 306 g/mol. The van der Waals surface area contributed by atoms with Gasteiger partial charge in [0.25, 0.3) is 0 Å². The van der Waals surface area contributed by atoms with Crippen LogP contribution >= 0.6 is 21.6 Å². The van der Waals surface area contributed by atoms with E-state index in [2.05, 4.69) is 24.1 Å². The molecule has 0 bridgehead atoms. The third kappa shape index (κ3) is 5.74. The number of ether oxygens (including phenoxy) is 2. The minimum absolute atomic E-state index is 0.0762. The maximum absolute atomic E-state index is 11.4. The highest BCUT2D eigenvalue weighted by Gasteiger charge is 2.50. The molecule has 21 heavy (non-hydrogen) atoms. The smallest absolute Gasteiger partial charge is 0.246 e. The van der Waals surface area contributed by atoms with E-state index in [0.717, 1.165) is 23.5 Å². The number of carbonyl (C=O) groups excluding carboxylic acids is 1. The summed E-state index contributed by atoms with van der Waals surface area (Å²) in [4.78, 5) is 11.4.